The van der Waals surface area contributed by atoms with Crippen LogP contribution in [0.3, 0.4) is 0 Å². The van der Waals surface area contributed by atoms with E-state index in [0.717, 1.165) is 29.7 Å². The van der Waals surface area contributed by atoms with Gasteiger partial charge in [0.15, 0.2) is 0 Å². The lowest BCUT2D eigenvalue weighted by atomic mass is 9.95. The summed E-state index contributed by atoms with van der Waals surface area (Å²) >= 11 is 0. The zero-order chi connectivity index (χ0) is 17.1. The molecule has 0 spiro atoms. The first-order valence-corrected chi connectivity index (χ1v) is 8.74. The Morgan fingerprint density at radius 1 is 1.25 bits per heavy atom. The van der Waals surface area contributed by atoms with Crippen molar-refractivity contribution in [3.8, 4) is 0 Å². The maximum atomic E-state index is 13.2. The highest BCUT2D eigenvalue weighted by molar-refractivity contribution is 5.95. The van der Waals surface area contributed by atoms with Crippen LogP contribution in [0.15, 0.2) is 43.0 Å². The second-order valence-electron chi connectivity index (χ2n) is 6.65. The number of amides is 1. The van der Waals surface area contributed by atoms with Crippen LogP contribution in [0.5, 0.6) is 0 Å². The third-order valence-corrected chi connectivity index (χ3v) is 4.97. The molecule has 0 atom stereocenters. The normalized spacial score (nSPS) is 13.4. The van der Waals surface area contributed by atoms with Gasteiger partial charge in [-0.3, -0.25) is 4.79 Å². The van der Waals surface area contributed by atoms with E-state index in [4.69, 9.17) is 0 Å². The average molecular weight is 322 g/mol. The number of allylic oxidation sites excluding steroid dienone is 1. The van der Waals surface area contributed by atoms with Gasteiger partial charge >= 0.3 is 0 Å². The van der Waals surface area contributed by atoms with Crippen molar-refractivity contribution in [1.29, 1.82) is 0 Å². The summed E-state index contributed by atoms with van der Waals surface area (Å²) < 4.78 is 2.20. The van der Waals surface area contributed by atoms with E-state index in [0.29, 0.717) is 13.1 Å². The number of carbonyl (C=O) groups excluding carboxylic acids is 1. The van der Waals surface area contributed by atoms with E-state index >= 15 is 0 Å². The van der Waals surface area contributed by atoms with E-state index < -0.39 is 0 Å². The van der Waals surface area contributed by atoms with Gasteiger partial charge in [-0.15, -0.1) is 6.58 Å². The molecule has 0 saturated carbocycles. The molecule has 3 nitrogen and oxygen atoms in total. The van der Waals surface area contributed by atoms with Crippen molar-refractivity contribution >= 4 is 5.91 Å². The lowest BCUT2D eigenvalue weighted by molar-refractivity contribution is 0.0774. The molecule has 1 amide bonds. The summed E-state index contributed by atoms with van der Waals surface area (Å²) in [6.07, 6.45) is 6.48. The molecule has 1 heterocycles. The summed E-state index contributed by atoms with van der Waals surface area (Å²) in [5, 5.41) is 0. The highest BCUT2D eigenvalue weighted by Gasteiger charge is 2.27. The molecule has 3 heteroatoms. The third-order valence-electron chi connectivity index (χ3n) is 4.97. The van der Waals surface area contributed by atoms with Crippen LogP contribution in [0.25, 0.3) is 0 Å². The van der Waals surface area contributed by atoms with Crippen molar-refractivity contribution in [2.24, 2.45) is 0 Å². The lowest BCUT2D eigenvalue weighted by Crippen LogP contribution is -2.29. The first kappa shape index (κ1) is 16.6. The third kappa shape index (κ3) is 3.03. The maximum Gasteiger partial charge on any atom is 0.270 e. The van der Waals surface area contributed by atoms with Crippen LogP contribution in [0.2, 0.25) is 0 Å². The number of rotatable bonds is 5. The number of aromatic nitrogens is 1. The summed E-state index contributed by atoms with van der Waals surface area (Å²) in [7, 11) is 1.89. The van der Waals surface area contributed by atoms with Gasteiger partial charge in [-0.25, -0.2) is 0 Å². The summed E-state index contributed by atoms with van der Waals surface area (Å²) in [6, 6.07) is 10.1. The van der Waals surface area contributed by atoms with Crippen molar-refractivity contribution in [1.82, 2.24) is 9.47 Å². The van der Waals surface area contributed by atoms with Gasteiger partial charge < -0.3 is 9.47 Å². The molecule has 2 aromatic rings. The van der Waals surface area contributed by atoms with Gasteiger partial charge in [-0.05, 0) is 49.3 Å². The minimum Gasteiger partial charge on any atom is -0.336 e. The van der Waals surface area contributed by atoms with Crippen molar-refractivity contribution in [3.63, 3.8) is 0 Å². The summed E-state index contributed by atoms with van der Waals surface area (Å²) in [6.45, 7) is 7.32. The standard InChI is InChI=1S/C21H26N2O/c1-4-14-23-19-13-9-8-12-18(19)16(2)20(23)21(24)22(3)15-17-10-6-5-7-11-17/h4-7,10-11H,1,8-9,12-15H2,2-3H3. The Morgan fingerprint density at radius 3 is 2.67 bits per heavy atom. The molecule has 0 radical (unpaired) electrons. The van der Waals surface area contributed by atoms with Gasteiger partial charge in [-0.1, -0.05) is 36.4 Å². The quantitative estimate of drug-likeness (QED) is 0.760. The molecule has 0 aliphatic heterocycles. The Morgan fingerprint density at radius 2 is 1.96 bits per heavy atom. The van der Waals surface area contributed by atoms with Gasteiger partial charge in [0.2, 0.25) is 0 Å². The van der Waals surface area contributed by atoms with Gasteiger partial charge in [-0.2, -0.15) is 0 Å². The van der Waals surface area contributed by atoms with Gasteiger partial charge in [0.1, 0.15) is 5.69 Å². The maximum absolute atomic E-state index is 13.2. The van der Waals surface area contributed by atoms with E-state index in [-0.39, 0.29) is 5.91 Å². The predicted octanol–water partition coefficient (Wildman–Crippen LogP) is 4.13. The molecule has 1 aromatic carbocycles. The monoisotopic (exact) mass is 322 g/mol. The molecule has 0 N–H and O–H groups in total. The second kappa shape index (κ2) is 7.08. The average Bonchev–Trinajstić information content (AvgIpc) is 2.88. The van der Waals surface area contributed by atoms with Crippen LogP contribution in [0, 0.1) is 6.92 Å². The van der Waals surface area contributed by atoms with Crippen LogP contribution in [-0.4, -0.2) is 22.4 Å². The SMILES string of the molecule is C=CCn1c2c(c(C)c1C(=O)N(C)Cc1ccccc1)CCCC2. The zero-order valence-corrected chi connectivity index (χ0v) is 14.7. The molecular weight excluding hydrogens is 296 g/mol. The highest BCUT2D eigenvalue weighted by atomic mass is 16.2. The van der Waals surface area contributed by atoms with E-state index in [1.54, 1.807) is 0 Å². The first-order chi connectivity index (χ1) is 11.6. The number of nitrogens with zero attached hydrogens (tertiary/aromatic N) is 2. The Hall–Kier alpha value is -2.29. The number of benzene rings is 1. The lowest BCUT2D eigenvalue weighted by Gasteiger charge is -2.20. The second-order valence-corrected chi connectivity index (χ2v) is 6.65. The topological polar surface area (TPSA) is 25.2 Å². The van der Waals surface area contributed by atoms with Crippen molar-refractivity contribution in [2.45, 2.75) is 45.7 Å². The Balaban J connectivity index is 1.94. The molecule has 0 saturated heterocycles. The van der Waals surface area contributed by atoms with E-state index in [1.807, 2.05) is 36.2 Å². The fraction of sp³-hybridized carbons (Fsp3) is 0.381. The summed E-state index contributed by atoms with van der Waals surface area (Å²) in [5.74, 6) is 0.104. The molecule has 0 bridgehead atoms. The summed E-state index contributed by atoms with van der Waals surface area (Å²) in [5.41, 5.74) is 5.89. The smallest absolute Gasteiger partial charge is 0.270 e. The first-order valence-electron chi connectivity index (χ1n) is 8.74. The number of hydrogen-bond donors (Lipinski definition) is 0. The minimum absolute atomic E-state index is 0.104. The predicted molar refractivity (Wildman–Crippen MR) is 98.2 cm³/mol. The van der Waals surface area contributed by atoms with Gasteiger partial charge in [0.05, 0.1) is 0 Å². The van der Waals surface area contributed by atoms with Crippen LogP contribution in [-0.2, 0) is 25.9 Å². The molecular formula is C21H26N2O. The number of carbonyl (C=O) groups is 1. The Labute approximate surface area is 144 Å². The van der Waals surface area contributed by atoms with Crippen molar-refractivity contribution in [2.75, 3.05) is 7.05 Å². The Bertz CT molecular complexity index is 743. The molecule has 3 rings (SSSR count). The van der Waals surface area contributed by atoms with Crippen molar-refractivity contribution in [3.05, 3.63) is 71.1 Å². The van der Waals surface area contributed by atoms with E-state index in [1.165, 1.54) is 24.1 Å². The van der Waals surface area contributed by atoms with E-state index in [2.05, 4.69) is 30.2 Å². The van der Waals surface area contributed by atoms with E-state index in [9.17, 15) is 4.79 Å². The van der Waals surface area contributed by atoms with Crippen LogP contribution in [0.4, 0.5) is 0 Å². The minimum atomic E-state index is 0.104. The molecule has 0 fully saturated rings. The molecule has 1 aliphatic carbocycles. The molecule has 126 valence electrons. The van der Waals surface area contributed by atoms with Crippen molar-refractivity contribution < 1.29 is 4.79 Å². The summed E-state index contributed by atoms with van der Waals surface area (Å²) in [4.78, 5) is 15.0. The number of hydrogen-bond acceptors (Lipinski definition) is 1. The fourth-order valence-electron chi connectivity index (χ4n) is 3.79. The largest absolute Gasteiger partial charge is 0.336 e. The zero-order valence-electron chi connectivity index (χ0n) is 14.7. The fourth-order valence-corrected chi connectivity index (χ4v) is 3.79. The molecule has 1 aromatic heterocycles. The highest BCUT2D eigenvalue weighted by Crippen LogP contribution is 2.30. The molecule has 0 unspecified atom stereocenters. The van der Waals surface area contributed by atoms with Crippen LogP contribution >= 0.6 is 0 Å². The Kier molecular flexibility index (Phi) is 4.89. The van der Waals surface area contributed by atoms with Gasteiger partial charge in [0, 0.05) is 25.8 Å². The molecule has 24 heavy (non-hydrogen) atoms. The molecule has 1 aliphatic rings. The van der Waals surface area contributed by atoms with Crippen LogP contribution < -0.4 is 0 Å². The van der Waals surface area contributed by atoms with Gasteiger partial charge in [0.25, 0.3) is 5.91 Å². The van der Waals surface area contributed by atoms with Crippen LogP contribution in [0.1, 0.15) is 45.7 Å². The number of fused-ring (bicyclic) bond motifs is 1.